The average Bonchev–Trinajstić information content (AvgIpc) is 3.18. The number of hydrogen-bond acceptors (Lipinski definition) is 8. The highest BCUT2D eigenvalue weighted by atomic mass is 16.5. The second kappa shape index (κ2) is 6.26. The highest BCUT2D eigenvalue weighted by Crippen LogP contribution is 2.20. The Bertz CT molecular complexity index is 808. The molecule has 0 aliphatic rings. The zero-order valence-corrected chi connectivity index (χ0v) is 12.6. The molecule has 0 unspecified atom stereocenters. The molecule has 0 amide bonds. The van der Waals surface area contributed by atoms with Crippen LogP contribution in [0.5, 0.6) is 0 Å². The summed E-state index contributed by atoms with van der Waals surface area (Å²) in [5.74, 6) is -0.000802. The molecule has 1 N–H and O–H groups in total. The number of methoxy groups -OCH3 is 1. The molecule has 0 aliphatic heterocycles. The van der Waals surface area contributed by atoms with E-state index >= 15 is 0 Å². The van der Waals surface area contributed by atoms with Crippen LogP contribution in [0.15, 0.2) is 34.9 Å². The van der Waals surface area contributed by atoms with Crippen molar-refractivity contribution in [1.29, 1.82) is 0 Å². The van der Waals surface area contributed by atoms with Gasteiger partial charge in [-0.15, -0.1) is 10.2 Å². The van der Waals surface area contributed by atoms with Gasteiger partial charge in [0, 0.05) is 12.7 Å². The van der Waals surface area contributed by atoms with E-state index in [1.807, 2.05) is 24.3 Å². The van der Waals surface area contributed by atoms with E-state index in [2.05, 4.69) is 30.6 Å². The predicted octanol–water partition coefficient (Wildman–Crippen LogP) is 1.32. The van der Waals surface area contributed by atoms with Gasteiger partial charge in [0.2, 0.25) is 0 Å². The van der Waals surface area contributed by atoms with E-state index < -0.39 is 0 Å². The Kier molecular flexibility index (Phi) is 4.00. The molecule has 2 heterocycles. The molecule has 3 rings (SSSR count). The Labute approximate surface area is 131 Å². The summed E-state index contributed by atoms with van der Waals surface area (Å²) in [6.45, 7) is 0. The quantitative estimate of drug-likeness (QED) is 0.703. The summed E-state index contributed by atoms with van der Waals surface area (Å²) in [5, 5.41) is 18.5. The summed E-state index contributed by atoms with van der Waals surface area (Å²) in [5.41, 5.74) is 2.11. The van der Waals surface area contributed by atoms with Gasteiger partial charge >= 0.3 is 12.0 Å². The van der Waals surface area contributed by atoms with Crippen molar-refractivity contribution >= 4 is 17.7 Å². The molecular weight excluding hydrogens is 300 g/mol. The summed E-state index contributed by atoms with van der Waals surface area (Å²) in [6, 6.07) is 7.50. The number of esters is 1. The Hall–Kier alpha value is -3.23. The minimum absolute atomic E-state index is 0.230. The lowest BCUT2D eigenvalue weighted by atomic mass is 10.1. The first kappa shape index (κ1) is 14.7. The number of anilines is 2. The Morgan fingerprint density at radius 2 is 2.04 bits per heavy atom. The van der Waals surface area contributed by atoms with Crippen LogP contribution in [0.3, 0.4) is 0 Å². The van der Waals surface area contributed by atoms with Crippen LogP contribution in [-0.4, -0.2) is 38.3 Å². The molecule has 0 saturated carbocycles. The molecule has 23 heavy (non-hydrogen) atoms. The van der Waals surface area contributed by atoms with Crippen LogP contribution < -0.4 is 5.32 Å². The standard InChI is InChI=1S/C14H14N6O3/c1-20-8-11(16-19-20)13-17-18-14(23-13)15-10-5-3-9(4-6-10)7-12(21)22-2/h3-6,8H,7H2,1-2H3,(H,15,18). The van der Waals surface area contributed by atoms with Crippen molar-refractivity contribution in [3.63, 3.8) is 0 Å². The number of carbonyl (C=O) groups excluding carboxylic acids is 1. The lowest BCUT2D eigenvalue weighted by Gasteiger charge is -2.03. The summed E-state index contributed by atoms with van der Waals surface area (Å²) in [7, 11) is 3.12. The Balaban J connectivity index is 1.68. The van der Waals surface area contributed by atoms with Gasteiger partial charge in [-0.05, 0) is 17.7 Å². The van der Waals surface area contributed by atoms with E-state index in [1.165, 1.54) is 7.11 Å². The van der Waals surface area contributed by atoms with Crippen LogP contribution in [0.4, 0.5) is 11.7 Å². The van der Waals surface area contributed by atoms with E-state index in [0.717, 1.165) is 11.3 Å². The largest absolute Gasteiger partial charge is 0.469 e. The zero-order chi connectivity index (χ0) is 16.2. The van der Waals surface area contributed by atoms with E-state index in [0.29, 0.717) is 5.69 Å². The first-order valence-corrected chi connectivity index (χ1v) is 6.77. The predicted molar refractivity (Wildman–Crippen MR) is 79.7 cm³/mol. The van der Waals surface area contributed by atoms with Crippen LogP contribution >= 0.6 is 0 Å². The van der Waals surface area contributed by atoms with Crippen molar-refractivity contribution in [1.82, 2.24) is 25.2 Å². The smallest absolute Gasteiger partial charge is 0.320 e. The van der Waals surface area contributed by atoms with Crippen LogP contribution in [0.2, 0.25) is 0 Å². The van der Waals surface area contributed by atoms with Gasteiger partial charge < -0.3 is 14.5 Å². The first-order valence-electron chi connectivity index (χ1n) is 6.77. The molecular formula is C14H14N6O3. The Morgan fingerprint density at radius 3 is 2.70 bits per heavy atom. The van der Waals surface area contributed by atoms with Crippen LogP contribution in [-0.2, 0) is 23.0 Å². The van der Waals surface area contributed by atoms with Gasteiger partial charge in [0.1, 0.15) is 0 Å². The van der Waals surface area contributed by atoms with E-state index in [-0.39, 0.29) is 24.3 Å². The van der Waals surface area contributed by atoms with Gasteiger partial charge in [-0.25, -0.2) is 0 Å². The molecule has 1 aromatic carbocycles. The van der Waals surface area contributed by atoms with Crippen LogP contribution in [0.1, 0.15) is 5.56 Å². The third-order valence-corrected chi connectivity index (χ3v) is 3.03. The van der Waals surface area contributed by atoms with Gasteiger partial charge in [-0.2, -0.15) is 0 Å². The molecule has 0 spiro atoms. The summed E-state index contributed by atoms with van der Waals surface area (Å²) < 4.78 is 11.7. The topological polar surface area (TPSA) is 108 Å². The number of aromatic nitrogens is 5. The van der Waals surface area contributed by atoms with Gasteiger partial charge in [0.25, 0.3) is 5.89 Å². The molecule has 9 nitrogen and oxygen atoms in total. The fourth-order valence-corrected chi connectivity index (χ4v) is 1.89. The molecule has 3 aromatic rings. The molecule has 118 valence electrons. The highest BCUT2D eigenvalue weighted by Gasteiger charge is 2.12. The maximum absolute atomic E-state index is 11.2. The van der Waals surface area contributed by atoms with E-state index in [4.69, 9.17) is 4.42 Å². The van der Waals surface area contributed by atoms with E-state index in [1.54, 1.807) is 17.9 Å². The minimum atomic E-state index is -0.281. The number of nitrogens with one attached hydrogen (secondary N) is 1. The fourth-order valence-electron chi connectivity index (χ4n) is 1.89. The normalized spacial score (nSPS) is 10.5. The number of ether oxygens (including phenoxy) is 1. The third-order valence-electron chi connectivity index (χ3n) is 3.03. The lowest BCUT2D eigenvalue weighted by molar-refractivity contribution is -0.139. The monoisotopic (exact) mass is 314 g/mol. The van der Waals surface area contributed by atoms with Crippen molar-refractivity contribution in [2.75, 3.05) is 12.4 Å². The molecule has 0 radical (unpaired) electrons. The van der Waals surface area contributed by atoms with Gasteiger partial charge in [0.15, 0.2) is 5.69 Å². The van der Waals surface area contributed by atoms with Gasteiger partial charge in [-0.3, -0.25) is 9.48 Å². The minimum Gasteiger partial charge on any atom is -0.469 e. The maximum Gasteiger partial charge on any atom is 0.320 e. The number of hydrogen-bond donors (Lipinski definition) is 1. The number of rotatable bonds is 5. The number of benzene rings is 1. The maximum atomic E-state index is 11.2. The van der Waals surface area contributed by atoms with Crippen LogP contribution in [0.25, 0.3) is 11.6 Å². The third kappa shape index (κ3) is 3.51. The molecule has 0 saturated heterocycles. The molecule has 2 aromatic heterocycles. The zero-order valence-electron chi connectivity index (χ0n) is 12.6. The van der Waals surface area contributed by atoms with Gasteiger partial charge in [0.05, 0.1) is 19.7 Å². The second-order valence-corrected chi connectivity index (χ2v) is 4.76. The SMILES string of the molecule is COC(=O)Cc1ccc(Nc2nnc(-c3cn(C)nn3)o2)cc1. The van der Waals surface area contributed by atoms with Gasteiger partial charge in [-0.1, -0.05) is 22.4 Å². The average molecular weight is 314 g/mol. The van der Waals surface area contributed by atoms with Crippen molar-refractivity contribution in [3.05, 3.63) is 36.0 Å². The fraction of sp³-hybridized carbons (Fsp3) is 0.214. The van der Waals surface area contributed by atoms with Crippen molar-refractivity contribution < 1.29 is 13.9 Å². The number of carbonyl (C=O) groups is 1. The van der Waals surface area contributed by atoms with Crippen molar-refractivity contribution in [3.8, 4) is 11.6 Å². The van der Waals surface area contributed by atoms with Crippen molar-refractivity contribution in [2.24, 2.45) is 7.05 Å². The lowest BCUT2D eigenvalue weighted by Crippen LogP contribution is -2.04. The Morgan fingerprint density at radius 1 is 1.26 bits per heavy atom. The van der Waals surface area contributed by atoms with Crippen molar-refractivity contribution in [2.45, 2.75) is 6.42 Å². The van der Waals surface area contributed by atoms with E-state index in [9.17, 15) is 4.79 Å². The summed E-state index contributed by atoms with van der Waals surface area (Å²) in [6.07, 6.45) is 1.91. The highest BCUT2D eigenvalue weighted by molar-refractivity contribution is 5.72. The number of nitrogens with zero attached hydrogens (tertiary/aromatic N) is 5. The molecule has 9 heteroatoms. The van der Waals surface area contributed by atoms with Crippen LogP contribution in [0, 0.1) is 0 Å². The summed E-state index contributed by atoms with van der Waals surface area (Å²) in [4.78, 5) is 11.2. The molecule has 0 atom stereocenters. The molecule has 0 aliphatic carbocycles. The molecule has 0 fully saturated rings. The number of aryl methyl sites for hydroxylation is 1. The summed E-state index contributed by atoms with van der Waals surface area (Å²) >= 11 is 0. The first-order chi connectivity index (χ1) is 11.1. The second-order valence-electron chi connectivity index (χ2n) is 4.76. The molecule has 0 bridgehead atoms.